The molecule has 0 radical (unpaired) electrons. The van der Waals surface area contributed by atoms with Crippen molar-refractivity contribution in [1.29, 1.82) is 0 Å². The fraction of sp³-hybridized carbons (Fsp3) is 0. The zero-order valence-electron chi connectivity index (χ0n) is 8.19. The smallest absolute Gasteiger partial charge is 0.257 e. The summed E-state index contributed by atoms with van der Waals surface area (Å²) < 4.78 is 0. The SMILES string of the molecule is O=c1[nH]c2ccccc2c(=O)c2cscc12. The molecular formula is C12H7NO2S. The molecule has 0 amide bonds. The number of hydrogen-bond donors (Lipinski definition) is 1. The van der Waals surface area contributed by atoms with E-state index >= 15 is 0 Å². The van der Waals surface area contributed by atoms with Crippen LogP contribution in [0.15, 0.2) is 44.6 Å². The van der Waals surface area contributed by atoms with Gasteiger partial charge in [0.05, 0.1) is 10.9 Å². The van der Waals surface area contributed by atoms with Gasteiger partial charge in [-0.05, 0) is 12.1 Å². The Hall–Kier alpha value is -1.94. The molecule has 2 heterocycles. The van der Waals surface area contributed by atoms with Crippen molar-refractivity contribution in [2.24, 2.45) is 0 Å². The Morgan fingerprint density at radius 3 is 2.56 bits per heavy atom. The predicted octanol–water partition coefficient (Wildman–Crippen LogP) is 2.10. The van der Waals surface area contributed by atoms with Gasteiger partial charge in [-0.1, -0.05) is 12.1 Å². The highest BCUT2D eigenvalue weighted by Crippen LogP contribution is 2.13. The van der Waals surface area contributed by atoms with Gasteiger partial charge < -0.3 is 4.98 Å². The number of fused-ring (bicyclic) bond motifs is 2. The number of nitrogens with one attached hydrogen (secondary N) is 1. The van der Waals surface area contributed by atoms with Crippen LogP contribution in [0.3, 0.4) is 0 Å². The van der Waals surface area contributed by atoms with Gasteiger partial charge >= 0.3 is 0 Å². The first kappa shape index (κ1) is 9.30. The van der Waals surface area contributed by atoms with Crippen LogP contribution in [0.25, 0.3) is 21.7 Å². The fourth-order valence-electron chi connectivity index (χ4n) is 1.77. The van der Waals surface area contributed by atoms with Gasteiger partial charge in [-0.15, -0.1) is 0 Å². The molecule has 0 aliphatic carbocycles. The van der Waals surface area contributed by atoms with Gasteiger partial charge in [-0.2, -0.15) is 11.3 Å². The number of benzene rings is 1. The first-order chi connectivity index (χ1) is 7.77. The van der Waals surface area contributed by atoms with Crippen LogP contribution in [-0.4, -0.2) is 4.98 Å². The highest BCUT2D eigenvalue weighted by atomic mass is 32.1. The third kappa shape index (κ3) is 1.20. The summed E-state index contributed by atoms with van der Waals surface area (Å²) in [6.45, 7) is 0. The maximum absolute atomic E-state index is 12.1. The van der Waals surface area contributed by atoms with Crippen LogP contribution in [0.4, 0.5) is 0 Å². The molecule has 2 aromatic heterocycles. The van der Waals surface area contributed by atoms with Gasteiger partial charge in [0.15, 0.2) is 5.43 Å². The molecule has 4 heteroatoms. The van der Waals surface area contributed by atoms with E-state index in [-0.39, 0.29) is 11.0 Å². The summed E-state index contributed by atoms with van der Waals surface area (Å²) in [6.07, 6.45) is 0. The second-order valence-electron chi connectivity index (χ2n) is 3.53. The monoisotopic (exact) mass is 229 g/mol. The maximum Gasteiger partial charge on any atom is 0.257 e. The fourth-order valence-corrected chi connectivity index (χ4v) is 2.58. The van der Waals surface area contributed by atoms with Crippen molar-refractivity contribution in [3.63, 3.8) is 0 Å². The van der Waals surface area contributed by atoms with E-state index in [0.717, 1.165) is 0 Å². The number of para-hydroxylation sites is 1. The van der Waals surface area contributed by atoms with E-state index in [0.29, 0.717) is 21.7 Å². The van der Waals surface area contributed by atoms with E-state index < -0.39 is 0 Å². The molecule has 0 atom stereocenters. The summed E-state index contributed by atoms with van der Waals surface area (Å²) in [5, 5.41) is 4.93. The molecule has 3 aromatic rings. The molecule has 0 spiro atoms. The molecule has 0 unspecified atom stereocenters. The van der Waals surface area contributed by atoms with E-state index in [1.165, 1.54) is 11.3 Å². The number of hydrogen-bond acceptors (Lipinski definition) is 3. The minimum Gasteiger partial charge on any atom is -0.321 e. The van der Waals surface area contributed by atoms with Crippen molar-refractivity contribution in [3.05, 3.63) is 55.6 Å². The zero-order chi connectivity index (χ0) is 11.1. The number of rotatable bonds is 0. The van der Waals surface area contributed by atoms with E-state index in [1.807, 2.05) is 0 Å². The van der Waals surface area contributed by atoms with Crippen molar-refractivity contribution in [2.75, 3.05) is 0 Å². The molecule has 1 N–H and O–H groups in total. The first-order valence-corrected chi connectivity index (χ1v) is 5.73. The van der Waals surface area contributed by atoms with Gasteiger partial charge in [0.2, 0.25) is 0 Å². The minimum absolute atomic E-state index is 0.0924. The molecule has 0 saturated heterocycles. The van der Waals surface area contributed by atoms with Crippen molar-refractivity contribution in [1.82, 2.24) is 4.98 Å². The standard InChI is InChI=1S/C12H7NO2S/c14-11-7-3-1-2-4-10(7)13-12(15)9-6-16-5-8(9)11/h1-6H,(H,13,15). The molecular weight excluding hydrogens is 222 g/mol. The highest BCUT2D eigenvalue weighted by molar-refractivity contribution is 7.09. The van der Waals surface area contributed by atoms with Crippen LogP contribution < -0.4 is 11.0 Å². The normalized spacial score (nSPS) is 11.0. The molecule has 3 nitrogen and oxygen atoms in total. The Bertz CT molecular complexity index is 801. The average Bonchev–Trinajstić information content (AvgIpc) is 2.74. The summed E-state index contributed by atoms with van der Waals surface area (Å²) in [7, 11) is 0. The van der Waals surface area contributed by atoms with Crippen molar-refractivity contribution in [3.8, 4) is 0 Å². The lowest BCUT2D eigenvalue weighted by atomic mass is 10.2. The van der Waals surface area contributed by atoms with Crippen molar-refractivity contribution in [2.45, 2.75) is 0 Å². The zero-order valence-corrected chi connectivity index (χ0v) is 9.01. The van der Waals surface area contributed by atoms with Gasteiger partial charge in [0, 0.05) is 21.5 Å². The quantitative estimate of drug-likeness (QED) is 0.641. The minimum atomic E-state index is -0.213. The number of aromatic amines is 1. The van der Waals surface area contributed by atoms with E-state index in [2.05, 4.69) is 4.98 Å². The lowest BCUT2D eigenvalue weighted by Crippen LogP contribution is -2.00. The van der Waals surface area contributed by atoms with E-state index in [4.69, 9.17) is 0 Å². The summed E-state index contributed by atoms with van der Waals surface area (Å²) in [5.41, 5.74) is 0.276. The topological polar surface area (TPSA) is 49.9 Å². The van der Waals surface area contributed by atoms with Gasteiger partial charge in [0.1, 0.15) is 0 Å². The molecule has 0 aliphatic rings. The van der Waals surface area contributed by atoms with Crippen LogP contribution >= 0.6 is 11.3 Å². The van der Waals surface area contributed by atoms with Crippen LogP contribution in [0, 0.1) is 0 Å². The van der Waals surface area contributed by atoms with Crippen molar-refractivity contribution < 1.29 is 0 Å². The largest absolute Gasteiger partial charge is 0.321 e. The van der Waals surface area contributed by atoms with Gasteiger partial charge in [0.25, 0.3) is 5.56 Å². The summed E-state index contributed by atoms with van der Waals surface area (Å²) in [6, 6.07) is 7.05. The molecule has 1 aromatic carbocycles. The molecule has 78 valence electrons. The summed E-state index contributed by atoms with van der Waals surface area (Å²) >= 11 is 1.37. The molecule has 0 aliphatic heterocycles. The summed E-state index contributed by atoms with van der Waals surface area (Å²) in [5.74, 6) is 0. The number of aromatic nitrogens is 1. The average molecular weight is 229 g/mol. The Kier molecular flexibility index (Phi) is 1.91. The molecule has 0 fully saturated rings. The van der Waals surface area contributed by atoms with Crippen LogP contribution in [-0.2, 0) is 0 Å². The Labute approximate surface area is 94.0 Å². The van der Waals surface area contributed by atoms with Crippen molar-refractivity contribution >= 4 is 33.0 Å². The van der Waals surface area contributed by atoms with Crippen LogP contribution in [0.1, 0.15) is 0 Å². The van der Waals surface area contributed by atoms with Gasteiger partial charge in [-0.25, -0.2) is 0 Å². The molecule has 0 saturated carbocycles. The predicted molar refractivity (Wildman–Crippen MR) is 66.2 cm³/mol. The summed E-state index contributed by atoms with van der Waals surface area (Å²) in [4.78, 5) is 26.7. The molecule has 0 bridgehead atoms. The highest BCUT2D eigenvalue weighted by Gasteiger charge is 2.05. The second-order valence-corrected chi connectivity index (χ2v) is 4.27. The second kappa shape index (κ2) is 3.28. The third-order valence-electron chi connectivity index (χ3n) is 2.57. The molecule has 3 rings (SSSR count). The van der Waals surface area contributed by atoms with Crippen LogP contribution in [0.2, 0.25) is 0 Å². The number of thiophene rings is 1. The van der Waals surface area contributed by atoms with E-state index in [9.17, 15) is 9.59 Å². The van der Waals surface area contributed by atoms with Gasteiger partial charge in [-0.3, -0.25) is 9.59 Å². The Morgan fingerprint density at radius 1 is 0.938 bits per heavy atom. The Morgan fingerprint density at radius 2 is 1.69 bits per heavy atom. The van der Waals surface area contributed by atoms with Crippen LogP contribution in [0.5, 0.6) is 0 Å². The first-order valence-electron chi connectivity index (χ1n) is 4.78. The van der Waals surface area contributed by atoms with E-state index in [1.54, 1.807) is 35.0 Å². The lowest BCUT2D eigenvalue weighted by Gasteiger charge is -1.88. The number of H-pyrrole nitrogens is 1. The Balaban J connectivity index is 2.80. The third-order valence-corrected chi connectivity index (χ3v) is 3.31. The lowest BCUT2D eigenvalue weighted by molar-refractivity contribution is 1.36. The molecule has 16 heavy (non-hydrogen) atoms. The maximum atomic E-state index is 12.1.